The number of thiazole rings is 1. The Morgan fingerprint density at radius 2 is 2.17 bits per heavy atom. The molecule has 7 heteroatoms. The first-order valence-electron chi connectivity index (χ1n) is 7.48. The van der Waals surface area contributed by atoms with Crippen LogP contribution in [-0.2, 0) is 6.54 Å². The number of carbonyl (C=O) groups excluding carboxylic acids is 1. The van der Waals surface area contributed by atoms with Crippen LogP contribution in [0.4, 0.5) is 0 Å². The molecule has 4 aromatic rings. The molecule has 0 saturated heterocycles. The van der Waals surface area contributed by atoms with E-state index in [1.807, 2.05) is 52.4 Å². The summed E-state index contributed by atoms with van der Waals surface area (Å²) in [6, 6.07) is 11.9. The molecule has 120 valence electrons. The van der Waals surface area contributed by atoms with E-state index >= 15 is 0 Å². The number of aromatic nitrogens is 4. The van der Waals surface area contributed by atoms with Gasteiger partial charge in [-0.25, -0.2) is 4.98 Å². The fourth-order valence-electron chi connectivity index (χ4n) is 2.55. The minimum absolute atomic E-state index is 0.109. The average Bonchev–Trinajstić information content (AvgIpc) is 3.30. The van der Waals surface area contributed by atoms with Crippen LogP contribution >= 0.6 is 11.3 Å². The van der Waals surface area contributed by atoms with Crippen LogP contribution < -0.4 is 0 Å². The maximum atomic E-state index is 12.5. The van der Waals surface area contributed by atoms with Crippen molar-refractivity contribution >= 4 is 22.2 Å². The highest BCUT2D eigenvalue weighted by Gasteiger charge is 2.17. The number of H-pyrrole nitrogens is 1. The van der Waals surface area contributed by atoms with Gasteiger partial charge in [-0.05, 0) is 6.07 Å². The van der Waals surface area contributed by atoms with Gasteiger partial charge in [-0.15, -0.1) is 11.3 Å². The zero-order chi connectivity index (χ0) is 16.5. The van der Waals surface area contributed by atoms with E-state index in [0.717, 1.165) is 21.9 Å². The number of imidazole rings is 1. The summed E-state index contributed by atoms with van der Waals surface area (Å²) in [7, 11) is 1.76. The molecule has 0 aliphatic carbocycles. The summed E-state index contributed by atoms with van der Waals surface area (Å²) in [5.41, 5.74) is 3.25. The second-order valence-corrected chi connectivity index (χ2v) is 6.40. The Labute approximate surface area is 142 Å². The van der Waals surface area contributed by atoms with Gasteiger partial charge >= 0.3 is 0 Å². The molecule has 0 aliphatic rings. The van der Waals surface area contributed by atoms with Gasteiger partial charge in [0.25, 0.3) is 5.91 Å². The molecular weight excluding hydrogens is 322 g/mol. The third-order valence-electron chi connectivity index (χ3n) is 3.77. The van der Waals surface area contributed by atoms with Gasteiger partial charge in [0, 0.05) is 30.4 Å². The molecule has 0 radical (unpaired) electrons. The van der Waals surface area contributed by atoms with Gasteiger partial charge < -0.3 is 4.90 Å². The Hall–Kier alpha value is -2.93. The minimum Gasteiger partial charge on any atom is -0.334 e. The van der Waals surface area contributed by atoms with E-state index in [0.29, 0.717) is 12.2 Å². The van der Waals surface area contributed by atoms with Gasteiger partial charge in [0.15, 0.2) is 4.96 Å². The molecule has 0 aliphatic heterocycles. The third kappa shape index (κ3) is 2.69. The molecule has 1 amide bonds. The standard InChI is InChI=1S/C17H15N5OS/c1-21(16(23)15-11-22-7-8-24-17(22)18-15)10-13-9-14(20-19-13)12-5-3-2-4-6-12/h2-9,11H,10H2,1H3,(H,19,20). The largest absolute Gasteiger partial charge is 0.334 e. The quantitative estimate of drug-likeness (QED) is 0.622. The van der Waals surface area contributed by atoms with Gasteiger partial charge in [-0.3, -0.25) is 14.3 Å². The molecule has 0 spiro atoms. The topological polar surface area (TPSA) is 66.3 Å². The first kappa shape index (κ1) is 14.6. The minimum atomic E-state index is -0.109. The smallest absolute Gasteiger partial charge is 0.274 e. The van der Waals surface area contributed by atoms with Crippen molar-refractivity contribution in [2.45, 2.75) is 6.54 Å². The fourth-order valence-corrected chi connectivity index (χ4v) is 3.25. The van der Waals surface area contributed by atoms with Gasteiger partial charge in [0.05, 0.1) is 17.9 Å². The highest BCUT2D eigenvalue weighted by atomic mass is 32.1. The van der Waals surface area contributed by atoms with E-state index in [1.54, 1.807) is 18.1 Å². The number of nitrogens with one attached hydrogen (secondary N) is 1. The Kier molecular flexibility index (Phi) is 3.62. The highest BCUT2D eigenvalue weighted by Crippen LogP contribution is 2.18. The molecule has 6 nitrogen and oxygen atoms in total. The lowest BCUT2D eigenvalue weighted by molar-refractivity contribution is 0.0778. The molecule has 1 aromatic carbocycles. The van der Waals surface area contributed by atoms with Crippen molar-refractivity contribution in [3.63, 3.8) is 0 Å². The zero-order valence-corrected chi connectivity index (χ0v) is 13.8. The van der Waals surface area contributed by atoms with Crippen LogP contribution in [0.15, 0.2) is 54.2 Å². The third-order valence-corrected chi connectivity index (χ3v) is 4.54. The Morgan fingerprint density at radius 1 is 1.33 bits per heavy atom. The number of benzene rings is 1. The maximum Gasteiger partial charge on any atom is 0.274 e. The van der Waals surface area contributed by atoms with Crippen LogP contribution in [0.5, 0.6) is 0 Å². The lowest BCUT2D eigenvalue weighted by Gasteiger charge is -2.14. The summed E-state index contributed by atoms with van der Waals surface area (Å²) < 4.78 is 1.86. The van der Waals surface area contributed by atoms with Crippen LogP contribution in [-0.4, -0.2) is 37.4 Å². The van der Waals surface area contributed by atoms with Gasteiger partial charge in [0.1, 0.15) is 5.69 Å². The van der Waals surface area contributed by atoms with E-state index in [9.17, 15) is 4.79 Å². The second-order valence-electron chi connectivity index (χ2n) is 5.52. The number of hydrogen-bond acceptors (Lipinski definition) is 4. The number of carbonyl (C=O) groups is 1. The van der Waals surface area contributed by atoms with Crippen molar-refractivity contribution in [2.24, 2.45) is 0 Å². The van der Waals surface area contributed by atoms with Crippen LogP contribution in [0.3, 0.4) is 0 Å². The number of fused-ring (bicyclic) bond motifs is 1. The summed E-state index contributed by atoms with van der Waals surface area (Å²) in [5, 5.41) is 9.25. The summed E-state index contributed by atoms with van der Waals surface area (Å²) in [5.74, 6) is -0.109. The number of nitrogens with zero attached hydrogens (tertiary/aromatic N) is 4. The Balaban J connectivity index is 1.49. The second kappa shape index (κ2) is 5.93. The summed E-state index contributed by atoms with van der Waals surface area (Å²) in [6.45, 7) is 0.448. The van der Waals surface area contributed by atoms with Crippen molar-refractivity contribution in [3.05, 3.63) is 65.6 Å². The average molecular weight is 337 g/mol. The Bertz CT molecular complexity index is 956. The number of amides is 1. The summed E-state index contributed by atoms with van der Waals surface area (Å²) in [4.78, 5) is 19.3. The van der Waals surface area contributed by atoms with Crippen molar-refractivity contribution in [2.75, 3.05) is 7.05 Å². The highest BCUT2D eigenvalue weighted by molar-refractivity contribution is 7.15. The van der Waals surface area contributed by atoms with Crippen molar-refractivity contribution in [1.82, 2.24) is 24.5 Å². The van der Waals surface area contributed by atoms with Crippen LogP contribution in [0.25, 0.3) is 16.2 Å². The van der Waals surface area contributed by atoms with Crippen molar-refractivity contribution in [1.29, 1.82) is 0 Å². The van der Waals surface area contributed by atoms with Crippen molar-refractivity contribution in [3.8, 4) is 11.3 Å². The van der Waals surface area contributed by atoms with Crippen LogP contribution in [0, 0.1) is 0 Å². The summed E-state index contributed by atoms with van der Waals surface area (Å²) >= 11 is 1.51. The number of aromatic amines is 1. The summed E-state index contributed by atoms with van der Waals surface area (Å²) in [6.07, 6.45) is 3.65. The van der Waals surface area contributed by atoms with Gasteiger partial charge in [0.2, 0.25) is 0 Å². The molecule has 0 saturated carbocycles. The first-order valence-corrected chi connectivity index (χ1v) is 8.36. The SMILES string of the molecule is CN(Cc1cc(-c2ccccc2)n[nH]1)C(=O)c1cn2ccsc2n1. The molecule has 4 rings (SSSR count). The molecule has 0 bridgehead atoms. The van der Waals surface area contributed by atoms with Gasteiger partial charge in [-0.1, -0.05) is 30.3 Å². The molecule has 3 aromatic heterocycles. The predicted octanol–water partition coefficient (Wildman–Crippen LogP) is 3.06. The lowest BCUT2D eigenvalue weighted by atomic mass is 10.1. The van der Waals surface area contributed by atoms with E-state index in [2.05, 4.69) is 15.2 Å². The number of rotatable bonds is 4. The molecule has 0 fully saturated rings. The molecule has 3 heterocycles. The van der Waals surface area contributed by atoms with E-state index in [1.165, 1.54) is 11.3 Å². The maximum absolute atomic E-state index is 12.5. The molecule has 0 unspecified atom stereocenters. The Morgan fingerprint density at radius 3 is 2.96 bits per heavy atom. The molecule has 24 heavy (non-hydrogen) atoms. The first-order chi connectivity index (χ1) is 11.7. The normalized spacial score (nSPS) is 11.0. The monoisotopic (exact) mass is 337 g/mol. The number of hydrogen-bond donors (Lipinski definition) is 1. The van der Waals surface area contributed by atoms with Crippen LogP contribution in [0.1, 0.15) is 16.2 Å². The predicted molar refractivity (Wildman–Crippen MR) is 92.9 cm³/mol. The van der Waals surface area contributed by atoms with Crippen molar-refractivity contribution < 1.29 is 4.79 Å². The van der Waals surface area contributed by atoms with E-state index in [-0.39, 0.29) is 5.91 Å². The molecule has 0 atom stereocenters. The van der Waals surface area contributed by atoms with E-state index < -0.39 is 0 Å². The van der Waals surface area contributed by atoms with Gasteiger partial charge in [-0.2, -0.15) is 5.10 Å². The fraction of sp³-hybridized carbons (Fsp3) is 0.118. The lowest BCUT2D eigenvalue weighted by Crippen LogP contribution is -2.26. The molecular formula is C17H15N5OS. The van der Waals surface area contributed by atoms with E-state index in [4.69, 9.17) is 0 Å². The van der Waals surface area contributed by atoms with Crippen LogP contribution in [0.2, 0.25) is 0 Å². The zero-order valence-electron chi connectivity index (χ0n) is 13.0. The molecule has 1 N–H and O–H groups in total.